The van der Waals surface area contributed by atoms with Crippen LogP contribution in [0.15, 0.2) is 66.3 Å². The van der Waals surface area contributed by atoms with Crippen molar-refractivity contribution in [2.24, 2.45) is 0 Å². The number of thioether (sulfide) groups is 1. The molecule has 0 spiro atoms. The highest BCUT2D eigenvalue weighted by Crippen LogP contribution is 2.41. The molecule has 1 N–H and O–H groups in total. The molecule has 3 aromatic rings. The molecule has 7 heteroatoms. The van der Waals surface area contributed by atoms with E-state index in [0.717, 1.165) is 29.0 Å². The minimum atomic E-state index is -0.473. The smallest absolute Gasteiger partial charge is 0.247 e. The van der Waals surface area contributed by atoms with E-state index in [0.29, 0.717) is 29.1 Å². The molecule has 1 aromatic heterocycles. The van der Waals surface area contributed by atoms with Crippen LogP contribution in [0.4, 0.5) is 5.69 Å². The maximum Gasteiger partial charge on any atom is 0.247 e. The predicted molar refractivity (Wildman–Crippen MR) is 115 cm³/mol. The van der Waals surface area contributed by atoms with E-state index < -0.39 is 6.23 Å². The Bertz CT molecular complexity index is 1010. The Morgan fingerprint density at radius 3 is 2.86 bits per heavy atom. The molecule has 4 rings (SSSR count). The molecule has 0 saturated carbocycles. The van der Waals surface area contributed by atoms with Gasteiger partial charge in [0.25, 0.3) is 0 Å². The Kier molecular flexibility index (Phi) is 5.95. The number of fused-ring (bicyclic) bond motifs is 3. The Balaban J connectivity index is 1.77. The average Bonchev–Trinajstić information content (AvgIpc) is 2.92. The number of hydrogen-bond acceptors (Lipinski definition) is 7. The largest absolute Gasteiger partial charge is 0.493 e. The van der Waals surface area contributed by atoms with Crippen molar-refractivity contribution < 1.29 is 9.47 Å². The number of para-hydroxylation sites is 2. The molecule has 29 heavy (non-hydrogen) atoms. The molecule has 0 bridgehead atoms. The van der Waals surface area contributed by atoms with Gasteiger partial charge in [0.1, 0.15) is 5.75 Å². The van der Waals surface area contributed by atoms with E-state index in [2.05, 4.69) is 34.0 Å². The van der Waals surface area contributed by atoms with Crippen LogP contribution in [-0.4, -0.2) is 27.5 Å². The van der Waals surface area contributed by atoms with Crippen LogP contribution >= 0.6 is 11.8 Å². The fourth-order valence-corrected chi connectivity index (χ4v) is 3.54. The van der Waals surface area contributed by atoms with Gasteiger partial charge >= 0.3 is 0 Å². The number of aromatic nitrogens is 3. The van der Waals surface area contributed by atoms with Gasteiger partial charge in [-0.05, 0) is 24.6 Å². The molecule has 1 aliphatic rings. The highest BCUT2D eigenvalue weighted by atomic mass is 32.2. The highest BCUT2D eigenvalue weighted by molar-refractivity contribution is 7.99. The van der Waals surface area contributed by atoms with Crippen molar-refractivity contribution in [1.82, 2.24) is 15.2 Å². The van der Waals surface area contributed by atoms with Gasteiger partial charge in [-0.2, -0.15) is 4.98 Å². The van der Waals surface area contributed by atoms with Crippen LogP contribution in [0, 0.1) is 0 Å². The number of nitrogens with one attached hydrogen (secondary N) is 1. The summed E-state index contributed by atoms with van der Waals surface area (Å²) < 4.78 is 12.3. The zero-order valence-corrected chi connectivity index (χ0v) is 17.0. The van der Waals surface area contributed by atoms with E-state index in [1.165, 1.54) is 11.8 Å². The van der Waals surface area contributed by atoms with Crippen LogP contribution in [0.2, 0.25) is 0 Å². The summed E-state index contributed by atoms with van der Waals surface area (Å²) in [4.78, 5) is 4.62. The number of anilines is 1. The standard InChI is InChI=1S/C22H22N4O2S/c1-3-13-27-18-12-8-6-10-16(18)20-23-17-11-7-5-9-15(17)19-21(28-20)24-22(26-25-19)29-14-4-2/h4-12,20,23H,2-3,13-14H2,1H3/t20-/m0/s1. The molecule has 0 aliphatic carbocycles. The van der Waals surface area contributed by atoms with Gasteiger partial charge in [0.2, 0.25) is 17.3 Å². The van der Waals surface area contributed by atoms with Crippen LogP contribution in [0.3, 0.4) is 0 Å². The van der Waals surface area contributed by atoms with E-state index in [4.69, 9.17) is 9.47 Å². The number of benzene rings is 2. The van der Waals surface area contributed by atoms with Crippen LogP contribution in [0.25, 0.3) is 11.3 Å². The monoisotopic (exact) mass is 406 g/mol. The van der Waals surface area contributed by atoms with Crippen molar-refractivity contribution in [2.45, 2.75) is 24.7 Å². The lowest BCUT2D eigenvalue weighted by Crippen LogP contribution is -2.18. The first kappa shape index (κ1) is 19.3. The van der Waals surface area contributed by atoms with Crippen molar-refractivity contribution in [3.05, 3.63) is 66.7 Å². The van der Waals surface area contributed by atoms with E-state index >= 15 is 0 Å². The summed E-state index contributed by atoms with van der Waals surface area (Å²) in [6.07, 6.45) is 2.26. The van der Waals surface area contributed by atoms with E-state index in [-0.39, 0.29) is 0 Å². The summed E-state index contributed by atoms with van der Waals surface area (Å²) in [6, 6.07) is 15.8. The zero-order chi connectivity index (χ0) is 20.1. The summed E-state index contributed by atoms with van der Waals surface area (Å²) >= 11 is 1.46. The van der Waals surface area contributed by atoms with E-state index in [1.54, 1.807) is 0 Å². The number of rotatable bonds is 7. The van der Waals surface area contributed by atoms with Gasteiger partial charge in [0.15, 0.2) is 5.69 Å². The molecule has 0 unspecified atom stereocenters. The Labute approximate surface area is 174 Å². The second-order valence-electron chi connectivity index (χ2n) is 6.42. The molecular weight excluding hydrogens is 384 g/mol. The summed E-state index contributed by atoms with van der Waals surface area (Å²) in [5, 5.41) is 12.7. The van der Waals surface area contributed by atoms with E-state index in [1.807, 2.05) is 54.6 Å². The molecule has 0 amide bonds. The van der Waals surface area contributed by atoms with Crippen LogP contribution < -0.4 is 14.8 Å². The first-order valence-corrected chi connectivity index (χ1v) is 10.5. The maximum absolute atomic E-state index is 6.32. The Morgan fingerprint density at radius 1 is 1.17 bits per heavy atom. The first-order valence-electron chi connectivity index (χ1n) is 9.53. The van der Waals surface area contributed by atoms with Gasteiger partial charge in [-0.25, -0.2) is 0 Å². The quantitative estimate of drug-likeness (QED) is 0.432. The van der Waals surface area contributed by atoms with Gasteiger partial charge < -0.3 is 14.8 Å². The molecule has 0 saturated heterocycles. The molecule has 6 nitrogen and oxygen atoms in total. The molecule has 0 fully saturated rings. The van der Waals surface area contributed by atoms with E-state index in [9.17, 15) is 0 Å². The third kappa shape index (κ3) is 4.19. The van der Waals surface area contributed by atoms with Gasteiger partial charge in [-0.3, -0.25) is 0 Å². The molecule has 2 heterocycles. The Morgan fingerprint density at radius 2 is 2.00 bits per heavy atom. The van der Waals surface area contributed by atoms with Gasteiger partial charge in [0, 0.05) is 17.0 Å². The molecule has 1 aliphatic heterocycles. The first-order chi connectivity index (χ1) is 14.3. The van der Waals surface area contributed by atoms with Gasteiger partial charge in [0.05, 0.1) is 12.2 Å². The number of nitrogens with zero attached hydrogens (tertiary/aromatic N) is 3. The summed E-state index contributed by atoms with van der Waals surface area (Å²) in [5.41, 5.74) is 3.33. The summed E-state index contributed by atoms with van der Waals surface area (Å²) in [7, 11) is 0. The van der Waals surface area contributed by atoms with Crippen molar-refractivity contribution in [1.29, 1.82) is 0 Å². The predicted octanol–water partition coefficient (Wildman–Crippen LogP) is 5.11. The minimum Gasteiger partial charge on any atom is -0.493 e. The molecular formula is C22H22N4O2S. The van der Waals surface area contributed by atoms with Gasteiger partial charge in [-0.1, -0.05) is 55.1 Å². The normalized spacial score (nSPS) is 14.6. The summed E-state index contributed by atoms with van der Waals surface area (Å²) in [6.45, 7) is 6.47. The molecule has 148 valence electrons. The third-order valence-electron chi connectivity index (χ3n) is 4.33. The van der Waals surface area contributed by atoms with Crippen LogP contribution in [-0.2, 0) is 0 Å². The summed E-state index contributed by atoms with van der Waals surface area (Å²) in [5.74, 6) is 1.93. The second kappa shape index (κ2) is 8.96. The minimum absolute atomic E-state index is 0.444. The average molecular weight is 407 g/mol. The molecule has 1 atom stereocenters. The Hall–Kier alpha value is -3.06. The SMILES string of the molecule is C=CCSc1nnc2c(n1)O[C@@H](c1ccccc1OCCC)Nc1ccccc1-2. The third-order valence-corrected chi connectivity index (χ3v) is 5.16. The highest BCUT2D eigenvalue weighted by Gasteiger charge is 2.27. The van der Waals surface area contributed by atoms with Crippen molar-refractivity contribution in [3.63, 3.8) is 0 Å². The van der Waals surface area contributed by atoms with Gasteiger partial charge in [-0.15, -0.1) is 16.8 Å². The topological polar surface area (TPSA) is 69.2 Å². The molecule has 2 aromatic carbocycles. The van der Waals surface area contributed by atoms with Crippen molar-refractivity contribution in [2.75, 3.05) is 17.7 Å². The number of hydrogen-bond donors (Lipinski definition) is 1. The second-order valence-corrected chi connectivity index (χ2v) is 7.41. The maximum atomic E-state index is 6.32. The zero-order valence-electron chi connectivity index (χ0n) is 16.2. The van der Waals surface area contributed by atoms with Crippen molar-refractivity contribution >= 4 is 17.4 Å². The lowest BCUT2D eigenvalue weighted by molar-refractivity contribution is 0.215. The fourth-order valence-electron chi connectivity index (χ4n) is 3.02. The fraction of sp³-hybridized carbons (Fsp3) is 0.227. The lowest BCUT2D eigenvalue weighted by atomic mass is 10.1. The van der Waals surface area contributed by atoms with Crippen LogP contribution in [0.5, 0.6) is 11.6 Å². The molecule has 0 radical (unpaired) electrons. The number of ether oxygens (including phenoxy) is 2. The van der Waals surface area contributed by atoms with Crippen molar-refractivity contribution in [3.8, 4) is 22.9 Å². The van der Waals surface area contributed by atoms with Crippen LogP contribution in [0.1, 0.15) is 25.1 Å². The lowest BCUT2D eigenvalue weighted by Gasteiger charge is -2.21.